The minimum atomic E-state index is -1.02. The monoisotopic (exact) mass is 351 g/mol. The number of hydrogen-bond acceptors (Lipinski definition) is 5. The van der Waals surface area contributed by atoms with E-state index < -0.39 is 17.9 Å². The van der Waals surface area contributed by atoms with Gasteiger partial charge in [-0.2, -0.15) is 0 Å². The molecule has 4 rings (SSSR count). The number of fused-ring (bicyclic) bond motifs is 1. The number of rotatable bonds is 5. The number of nitrogens with zero attached hydrogens (tertiary/aromatic N) is 4. The van der Waals surface area contributed by atoms with Crippen molar-refractivity contribution in [3.8, 4) is 5.69 Å². The molecule has 26 heavy (non-hydrogen) atoms. The summed E-state index contributed by atoms with van der Waals surface area (Å²) in [5.41, 5.74) is 1.46. The van der Waals surface area contributed by atoms with Gasteiger partial charge in [-0.15, -0.1) is 5.10 Å². The Balaban J connectivity index is 1.68. The highest BCUT2D eigenvalue weighted by molar-refractivity contribution is 5.96. The van der Waals surface area contributed by atoms with Gasteiger partial charge >= 0.3 is 5.97 Å². The zero-order valence-corrected chi connectivity index (χ0v) is 14.1. The van der Waals surface area contributed by atoms with Crippen molar-refractivity contribution in [2.24, 2.45) is 5.92 Å². The summed E-state index contributed by atoms with van der Waals surface area (Å²) in [6, 6.07) is 6.71. The Bertz CT molecular complexity index is 1000. The molecule has 0 saturated heterocycles. The molecule has 2 aromatic heterocycles. The second-order valence-corrected chi connectivity index (χ2v) is 6.44. The first-order valence-electron chi connectivity index (χ1n) is 8.35. The van der Waals surface area contributed by atoms with Crippen LogP contribution in [0.15, 0.2) is 36.7 Å². The quantitative estimate of drug-likeness (QED) is 0.724. The molecule has 1 fully saturated rings. The predicted molar refractivity (Wildman–Crippen MR) is 93.0 cm³/mol. The van der Waals surface area contributed by atoms with Crippen molar-refractivity contribution in [1.29, 1.82) is 0 Å². The summed E-state index contributed by atoms with van der Waals surface area (Å²) >= 11 is 0. The molecule has 1 atom stereocenters. The van der Waals surface area contributed by atoms with Crippen molar-refractivity contribution in [2.45, 2.75) is 25.8 Å². The number of hydrogen-bond donors (Lipinski definition) is 2. The molecule has 8 heteroatoms. The SMILES string of the molecule is Cc1c(C(=O)NC(C(=O)O)C2CC2)nnn1-c1cccc2cnccc12. The number of carbonyl (C=O) groups is 2. The van der Waals surface area contributed by atoms with Gasteiger partial charge in [-0.25, -0.2) is 9.48 Å². The van der Waals surface area contributed by atoms with E-state index in [9.17, 15) is 14.7 Å². The molecule has 3 aromatic rings. The molecule has 1 amide bonds. The molecule has 132 valence electrons. The summed E-state index contributed by atoms with van der Waals surface area (Å²) in [7, 11) is 0. The first kappa shape index (κ1) is 16.2. The van der Waals surface area contributed by atoms with Crippen LogP contribution in [0.2, 0.25) is 0 Å². The summed E-state index contributed by atoms with van der Waals surface area (Å²) in [5, 5.41) is 21.8. The summed E-state index contributed by atoms with van der Waals surface area (Å²) in [4.78, 5) is 28.0. The van der Waals surface area contributed by atoms with Crippen LogP contribution in [-0.2, 0) is 4.79 Å². The standard InChI is InChI=1S/C18H17N5O3/c1-10-15(17(24)20-16(18(25)26)11-5-6-11)21-22-23(10)14-4-2-3-12-9-19-8-7-13(12)14/h2-4,7-9,11,16H,5-6H2,1H3,(H,20,24)(H,25,26). The fraction of sp³-hybridized carbons (Fsp3) is 0.278. The molecule has 2 N–H and O–H groups in total. The maximum Gasteiger partial charge on any atom is 0.326 e. The van der Waals surface area contributed by atoms with E-state index in [4.69, 9.17) is 0 Å². The third kappa shape index (κ3) is 2.79. The summed E-state index contributed by atoms with van der Waals surface area (Å²) in [5.74, 6) is -1.54. The van der Waals surface area contributed by atoms with Crippen LogP contribution >= 0.6 is 0 Å². The molecule has 2 heterocycles. The molecule has 1 aromatic carbocycles. The maximum absolute atomic E-state index is 12.5. The van der Waals surface area contributed by atoms with Crippen molar-refractivity contribution in [3.63, 3.8) is 0 Å². The maximum atomic E-state index is 12.5. The Kier molecular flexibility index (Phi) is 3.87. The van der Waals surface area contributed by atoms with Gasteiger partial charge in [0.25, 0.3) is 5.91 Å². The van der Waals surface area contributed by atoms with E-state index in [1.165, 1.54) is 0 Å². The van der Waals surface area contributed by atoms with E-state index in [1.807, 2.05) is 24.3 Å². The van der Waals surface area contributed by atoms with Crippen LogP contribution in [0, 0.1) is 12.8 Å². The van der Waals surface area contributed by atoms with Crippen molar-refractivity contribution < 1.29 is 14.7 Å². The number of carboxylic acids is 1. The van der Waals surface area contributed by atoms with Crippen LogP contribution in [0.1, 0.15) is 29.0 Å². The van der Waals surface area contributed by atoms with E-state index in [2.05, 4.69) is 20.6 Å². The fourth-order valence-corrected chi connectivity index (χ4v) is 3.08. The van der Waals surface area contributed by atoms with Gasteiger partial charge < -0.3 is 10.4 Å². The number of benzene rings is 1. The van der Waals surface area contributed by atoms with Crippen molar-refractivity contribution in [3.05, 3.63) is 48.0 Å². The lowest BCUT2D eigenvalue weighted by atomic mass is 10.1. The molecule has 1 aliphatic rings. The lowest BCUT2D eigenvalue weighted by molar-refractivity contribution is -0.139. The molecule has 1 unspecified atom stereocenters. The molecule has 1 aliphatic carbocycles. The lowest BCUT2D eigenvalue weighted by Crippen LogP contribution is -2.42. The highest BCUT2D eigenvalue weighted by Gasteiger charge is 2.38. The number of amides is 1. The third-order valence-corrected chi connectivity index (χ3v) is 4.64. The van der Waals surface area contributed by atoms with Crippen molar-refractivity contribution in [2.75, 3.05) is 0 Å². The van der Waals surface area contributed by atoms with Gasteiger partial charge in [0.05, 0.1) is 11.4 Å². The van der Waals surface area contributed by atoms with Crippen LogP contribution in [0.3, 0.4) is 0 Å². The van der Waals surface area contributed by atoms with E-state index in [0.29, 0.717) is 5.69 Å². The summed E-state index contributed by atoms with van der Waals surface area (Å²) < 4.78 is 1.59. The van der Waals surface area contributed by atoms with Gasteiger partial charge in [0.2, 0.25) is 0 Å². The minimum absolute atomic E-state index is 0.00244. The van der Waals surface area contributed by atoms with E-state index in [1.54, 1.807) is 24.0 Å². The van der Waals surface area contributed by atoms with Crippen LogP contribution < -0.4 is 5.32 Å². The first-order chi connectivity index (χ1) is 12.6. The first-order valence-corrected chi connectivity index (χ1v) is 8.35. The third-order valence-electron chi connectivity index (χ3n) is 4.64. The van der Waals surface area contributed by atoms with E-state index in [-0.39, 0.29) is 11.6 Å². The second-order valence-electron chi connectivity index (χ2n) is 6.44. The second kappa shape index (κ2) is 6.21. The Morgan fingerprint density at radius 1 is 1.31 bits per heavy atom. The van der Waals surface area contributed by atoms with Gasteiger partial charge in [-0.05, 0) is 37.8 Å². The average molecular weight is 351 g/mol. The van der Waals surface area contributed by atoms with Gasteiger partial charge in [-0.1, -0.05) is 17.3 Å². The van der Waals surface area contributed by atoms with Crippen LogP contribution in [0.5, 0.6) is 0 Å². The lowest BCUT2D eigenvalue weighted by Gasteiger charge is -2.12. The molecule has 1 saturated carbocycles. The molecule has 0 aliphatic heterocycles. The Morgan fingerprint density at radius 2 is 2.12 bits per heavy atom. The van der Waals surface area contributed by atoms with Gasteiger partial charge in [-0.3, -0.25) is 9.78 Å². The van der Waals surface area contributed by atoms with E-state index in [0.717, 1.165) is 29.3 Å². The topological polar surface area (TPSA) is 110 Å². The predicted octanol–water partition coefficient (Wildman–Crippen LogP) is 1.72. The molecule has 0 spiro atoms. The number of nitrogens with one attached hydrogen (secondary N) is 1. The van der Waals surface area contributed by atoms with Crippen molar-refractivity contribution in [1.82, 2.24) is 25.3 Å². The molecule has 0 radical (unpaired) electrons. The fourth-order valence-electron chi connectivity index (χ4n) is 3.08. The number of aromatic nitrogens is 4. The van der Waals surface area contributed by atoms with Crippen LogP contribution in [0.4, 0.5) is 0 Å². The van der Waals surface area contributed by atoms with Crippen molar-refractivity contribution >= 4 is 22.6 Å². The number of carboxylic acid groups (broad SMARTS) is 1. The molecule has 8 nitrogen and oxygen atoms in total. The average Bonchev–Trinajstić information content (AvgIpc) is 3.40. The Labute approximate surface area is 148 Å². The number of carbonyl (C=O) groups excluding carboxylic acids is 1. The molecule has 0 bridgehead atoms. The van der Waals surface area contributed by atoms with Gasteiger partial charge in [0.15, 0.2) is 5.69 Å². The zero-order valence-electron chi connectivity index (χ0n) is 14.1. The highest BCUT2D eigenvalue weighted by atomic mass is 16.4. The van der Waals surface area contributed by atoms with Gasteiger partial charge in [0, 0.05) is 23.2 Å². The smallest absolute Gasteiger partial charge is 0.326 e. The number of pyridine rings is 1. The number of aliphatic carboxylic acids is 1. The normalized spacial score (nSPS) is 15.0. The van der Waals surface area contributed by atoms with Crippen LogP contribution in [0.25, 0.3) is 16.5 Å². The Morgan fingerprint density at radius 3 is 2.85 bits per heavy atom. The minimum Gasteiger partial charge on any atom is -0.480 e. The highest BCUT2D eigenvalue weighted by Crippen LogP contribution is 2.33. The van der Waals surface area contributed by atoms with Crippen LogP contribution in [-0.4, -0.2) is 43.0 Å². The van der Waals surface area contributed by atoms with E-state index >= 15 is 0 Å². The summed E-state index contributed by atoms with van der Waals surface area (Å²) in [6.07, 6.45) is 5.07. The van der Waals surface area contributed by atoms with Gasteiger partial charge in [0.1, 0.15) is 6.04 Å². The largest absolute Gasteiger partial charge is 0.480 e. The molecular weight excluding hydrogens is 334 g/mol. The summed E-state index contributed by atoms with van der Waals surface area (Å²) in [6.45, 7) is 1.74. The molecular formula is C18H17N5O3. The Hall–Kier alpha value is -3.29. The zero-order chi connectivity index (χ0) is 18.3.